The molecule has 152 valence electrons. The van der Waals surface area contributed by atoms with Crippen LogP contribution in [0.2, 0.25) is 0 Å². The van der Waals surface area contributed by atoms with Gasteiger partial charge in [-0.3, -0.25) is 4.98 Å². The van der Waals surface area contributed by atoms with Crippen LogP contribution in [0, 0.1) is 0 Å². The first kappa shape index (κ1) is 18.9. The zero-order chi connectivity index (χ0) is 21.0. The Bertz CT molecular complexity index is 1310. The van der Waals surface area contributed by atoms with Crippen LogP contribution in [-0.4, -0.2) is 21.6 Å². The number of hydrogen-bond donors (Lipinski definition) is 1. The van der Waals surface area contributed by atoms with Crippen molar-refractivity contribution in [3.63, 3.8) is 0 Å². The van der Waals surface area contributed by atoms with Gasteiger partial charge in [0, 0.05) is 12.6 Å². The molecule has 0 atom stereocenters. The molecule has 0 aliphatic carbocycles. The van der Waals surface area contributed by atoms with Crippen molar-refractivity contribution in [2.24, 2.45) is 0 Å². The molecule has 5 aromatic rings. The fourth-order valence-electron chi connectivity index (χ4n) is 3.68. The van der Waals surface area contributed by atoms with Crippen molar-refractivity contribution < 1.29 is 4.74 Å². The van der Waals surface area contributed by atoms with Crippen molar-refractivity contribution in [1.29, 1.82) is 0 Å². The maximum absolute atomic E-state index is 6.15. The molecule has 3 aromatic carbocycles. The zero-order valence-corrected chi connectivity index (χ0v) is 17.2. The van der Waals surface area contributed by atoms with Gasteiger partial charge in [-0.1, -0.05) is 60.7 Å². The van der Waals surface area contributed by atoms with Crippen LogP contribution in [0.15, 0.2) is 97.2 Å². The van der Waals surface area contributed by atoms with E-state index in [1.54, 1.807) is 0 Å². The predicted octanol–water partition coefficient (Wildman–Crippen LogP) is 5.98. The van der Waals surface area contributed by atoms with E-state index in [1.165, 1.54) is 5.56 Å². The van der Waals surface area contributed by atoms with E-state index >= 15 is 0 Å². The van der Waals surface area contributed by atoms with E-state index in [9.17, 15) is 0 Å². The lowest BCUT2D eigenvalue weighted by Crippen LogP contribution is -2.05. The maximum Gasteiger partial charge on any atom is 0.203 e. The van der Waals surface area contributed by atoms with Gasteiger partial charge in [-0.25, -0.2) is 4.98 Å². The average Bonchev–Trinajstić information content (AvgIpc) is 3.17. The van der Waals surface area contributed by atoms with Gasteiger partial charge in [0.25, 0.3) is 0 Å². The molecule has 0 fully saturated rings. The molecule has 2 aromatic heterocycles. The van der Waals surface area contributed by atoms with Gasteiger partial charge in [0.15, 0.2) is 0 Å². The molecule has 0 bridgehead atoms. The Kier molecular flexibility index (Phi) is 5.07. The van der Waals surface area contributed by atoms with Crippen molar-refractivity contribution >= 4 is 17.0 Å². The number of anilines is 1. The number of nitrogens with one attached hydrogen (secondary N) is 1. The minimum Gasteiger partial charge on any atom is -0.457 e. The molecule has 5 rings (SSSR count). The summed E-state index contributed by atoms with van der Waals surface area (Å²) in [7, 11) is 1.89. The topological polar surface area (TPSA) is 52.0 Å². The summed E-state index contributed by atoms with van der Waals surface area (Å²) in [6, 6.07) is 30.2. The highest BCUT2D eigenvalue weighted by Crippen LogP contribution is 2.34. The first-order valence-electron chi connectivity index (χ1n) is 10.2. The third kappa shape index (κ3) is 3.85. The molecule has 0 spiro atoms. The lowest BCUT2D eigenvalue weighted by atomic mass is 10.1. The summed E-state index contributed by atoms with van der Waals surface area (Å²) in [5, 5.41) is 3.21. The fraction of sp³-hybridized carbons (Fsp3) is 0.0769. The minimum absolute atomic E-state index is 0.721. The van der Waals surface area contributed by atoms with Crippen LogP contribution in [0.4, 0.5) is 5.95 Å². The number of benzene rings is 3. The molecule has 0 amide bonds. The van der Waals surface area contributed by atoms with E-state index < -0.39 is 0 Å². The van der Waals surface area contributed by atoms with Crippen LogP contribution >= 0.6 is 0 Å². The van der Waals surface area contributed by atoms with E-state index in [-0.39, 0.29) is 0 Å². The molecule has 2 heterocycles. The van der Waals surface area contributed by atoms with Crippen LogP contribution in [0.1, 0.15) is 5.56 Å². The molecule has 0 saturated heterocycles. The van der Waals surface area contributed by atoms with Gasteiger partial charge in [-0.2, -0.15) is 0 Å². The van der Waals surface area contributed by atoms with Crippen molar-refractivity contribution in [2.75, 3.05) is 12.4 Å². The Labute approximate surface area is 181 Å². The molecule has 0 unspecified atom stereocenters. The van der Waals surface area contributed by atoms with Crippen LogP contribution in [0.25, 0.3) is 22.3 Å². The number of ether oxygens (including phenoxy) is 1. The summed E-state index contributed by atoms with van der Waals surface area (Å²) in [6.45, 7) is 0.721. The summed E-state index contributed by atoms with van der Waals surface area (Å²) in [5.41, 5.74) is 4.87. The Morgan fingerprint density at radius 3 is 2.35 bits per heavy atom. The van der Waals surface area contributed by atoms with Gasteiger partial charge in [-0.15, -0.1) is 0 Å². The van der Waals surface area contributed by atoms with Crippen LogP contribution < -0.4 is 10.1 Å². The van der Waals surface area contributed by atoms with E-state index in [1.807, 2.05) is 73.9 Å². The molecule has 0 radical (unpaired) electrons. The second-order valence-corrected chi connectivity index (χ2v) is 7.23. The largest absolute Gasteiger partial charge is 0.457 e. The third-order valence-electron chi connectivity index (χ3n) is 5.18. The third-order valence-corrected chi connectivity index (χ3v) is 5.18. The summed E-state index contributed by atoms with van der Waals surface area (Å²) >= 11 is 0. The highest BCUT2D eigenvalue weighted by molar-refractivity contribution is 5.83. The molecule has 0 aliphatic rings. The summed E-state index contributed by atoms with van der Waals surface area (Å²) in [5.74, 6) is 2.37. The molecular weight excluding hydrogens is 384 g/mol. The molecule has 5 nitrogen and oxygen atoms in total. The van der Waals surface area contributed by atoms with Crippen molar-refractivity contribution in [3.8, 4) is 22.8 Å². The summed E-state index contributed by atoms with van der Waals surface area (Å²) < 4.78 is 8.33. The standard InChI is InChI=1S/C26H22N4O/c1-27-26-29-23-17-28-22(16-24(23)30(26)18-19-10-4-2-5-11-19)21-14-8-9-15-25(21)31-20-12-6-3-7-13-20/h2-17H,18H2,1H3,(H,27,29). The lowest BCUT2D eigenvalue weighted by molar-refractivity contribution is 0.484. The first-order chi connectivity index (χ1) is 15.3. The first-order valence-corrected chi connectivity index (χ1v) is 10.2. The molecular formula is C26H22N4O. The molecule has 1 N–H and O–H groups in total. The van der Waals surface area contributed by atoms with Crippen molar-refractivity contribution in [1.82, 2.24) is 14.5 Å². The normalized spacial score (nSPS) is 10.9. The number of rotatable bonds is 6. The van der Waals surface area contributed by atoms with E-state index in [0.717, 1.165) is 46.3 Å². The molecule has 0 saturated carbocycles. The second kappa shape index (κ2) is 8.32. The zero-order valence-electron chi connectivity index (χ0n) is 17.2. The lowest BCUT2D eigenvalue weighted by Gasteiger charge is -2.12. The van der Waals surface area contributed by atoms with Crippen LogP contribution in [-0.2, 0) is 6.54 Å². The van der Waals surface area contributed by atoms with Gasteiger partial charge < -0.3 is 14.6 Å². The van der Waals surface area contributed by atoms with E-state index in [4.69, 9.17) is 14.7 Å². The number of hydrogen-bond acceptors (Lipinski definition) is 4. The van der Waals surface area contributed by atoms with Gasteiger partial charge in [-0.05, 0) is 35.9 Å². The number of nitrogens with zero attached hydrogens (tertiary/aromatic N) is 3. The van der Waals surface area contributed by atoms with Crippen LogP contribution in [0.5, 0.6) is 11.5 Å². The highest BCUT2D eigenvalue weighted by atomic mass is 16.5. The number of para-hydroxylation sites is 2. The minimum atomic E-state index is 0.721. The number of fused-ring (bicyclic) bond motifs is 1. The quantitative estimate of drug-likeness (QED) is 0.377. The number of aromatic nitrogens is 3. The molecule has 31 heavy (non-hydrogen) atoms. The van der Waals surface area contributed by atoms with Gasteiger partial charge in [0.1, 0.15) is 17.0 Å². The van der Waals surface area contributed by atoms with Crippen LogP contribution in [0.3, 0.4) is 0 Å². The Hall–Kier alpha value is -4.12. The second-order valence-electron chi connectivity index (χ2n) is 7.23. The van der Waals surface area contributed by atoms with Gasteiger partial charge >= 0.3 is 0 Å². The Morgan fingerprint density at radius 2 is 1.58 bits per heavy atom. The number of pyridine rings is 1. The van der Waals surface area contributed by atoms with Gasteiger partial charge in [0.2, 0.25) is 5.95 Å². The smallest absolute Gasteiger partial charge is 0.203 e. The van der Waals surface area contributed by atoms with Gasteiger partial charge in [0.05, 0.1) is 24.0 Å². The maximum atomic E-state index is 6.15. The van der Waals surface area contributed by atoms with E-state index in [0.29, 0.717) is 0 Å². The summed E-state index contributed by atoms with van der Waals surface area (Å²) in [4.78, 5) is 9.40. The SMILES string of the molecule is CNc1nc2cnc(-c3ccccc3Oc3ccccc3)cc2n1Cc1ccccc1. The summed E-state index contributed by atoms with van der Waals surface area (Å²) in [6.07, 6.45) is 1.83. The molecule has 5 heteroatoms. The highest BCUT2D eigenvalue weighted by Gasteiger charge is 2.14. The Balaban J connectivity index is 1.58. The van der Waals surface area contributed by atoms with E-state index in [2.05, 4.69) is 40.2 Å². The fourth-order valence-corrected chi connectivity index (χ4v) is 3.68. The average molecular weight is 406 g/mol. The monoisotopic (exact) mass is 406 g/mol. The Morgan fingerprint density at radius 1 is 0.871 bits per heavy atom. The van der Waals surface area contributed by atoms with Crippen molar-refractivity contribution in [2.45, 2.75) is 6.54 Å². The molecule has 0 aliphatic heterocycles. The number of imidazole rings is 1. The predicted molar refractivity (Wildman–Crippen MR) is 125 cm³/mol. The van der Waals surface area contributed by atoms with Crippen molar-refractivity contribution in [3.05, 3.63) is 103 Å².